The van der Waals surface area contributed by atoms with Crippen LogP contribution < -0.4 is 148 Å². The number of benzene rings is 3. The minimum Gasteiger partial charge on any atom is -0.550 e. The van der Waals surface area contributed by atoms with E-state index in [0.29, 0.717) is 23.3 Å². The van der Waals surface area contributed by atoms with Gasteiger partial charge in [0.15, 0.2) is 0 Å². The number of rotatable bonds is 5. The van der Waals surface area contributed by atoms with Crippen LogP contribution in [0.25, 0.3) is 0 Å². The Hall–Kier alpha value is -3.18. The molecule has 0 saturated carbocycles. The first kappa shape index (κ1) is 72.4. The number of aromatic hydroxyl groups is 3. The van der Waals surface area contributed by atoms with E-state index in [1.54, 1.807) is 0 Å². The van der Waals surface area contributed by atoms with Gasteiger partial charge in [-0.3, -0.25) is 4.79 Å². The van der Waals surface area contributed by atoms with Gasteiger partial charge >= 0.3 is 150 Å². The summed E-state index contributed by atoms with van der Waals surface area (Å²) in [5.74, 6) is -4.81. The SMILES string of the molecule is CC(=O)O.CC(=O)[O-].CC(=O)[O-].CC(=O)[O-].CCCOC(=O)c1ccc(O)cc1.COC(=O)c1ccc(O)cc1.COC(=O)c1ccc(O)cc1.O=[N+]([O-])O.[K+].[K+].[Na+]. The van der Waals surface area contributed by atoms with Gasteiger partial charge in [-0.15, -0.1) is 10.1 Å². The molecular weight excluding hydrogens is 844 g/mol. The molecule has 21 nitrogen and oxygen atoms in total. The molecule has 0 aliphatic carbocycles. The Labute approximate surface area is 440 Å². The van der Waals surface area contributed by atoms with Gasteiger partial charge < -0.3 is 69.5 Å². The summed E-state index contributed by atoms with van der Waals surface area (Å²) in [6.45, 7) is 6.36. The van der Waals surface area contributed by atoms with Crippen LogP contribution in [0.3, 0.4) is 0 Å². The molecule has 0 heterocycles. The van der Waals surface area contributed by atoms with Gasteiger partial charge in [-0.1, -0.05) is 6.92 Å². The van der Waals surface area contributed by atoms with E-state index in [9.17, 15) is 14.4 Å². The molecule has 0 saturated heterocycles. The summed E-state index contributed by atoms with van der Waals surface area (Å²) in [6.07, 6.45) is 0.809. The molecule has 0 aliphatic heterocycles. The van der Waals surface area contributed by atoms with Crippen LogP contribution >= 0.6 is 0 Å². The maximum absolute atomic E-state index is 11.2. The number of phenolic OH excluding ortho intramolecular Hbond substituents is 3. The Morgan fingerprint density at radius 2 is 0.741 bits per heavy atom. The summed E-state index contributed by atoms with van der Waals surface area (Å²) >= 11 is 0. The first-order valence-electron chi connectivity index (χ1n) is 14.6. The van der Waals surface area contributed by atoms with Crippen LogP contribution in [0.2, 0.25) is 0 Å². The quantitative estimate of drug-likeness (QED) is 0.0522. The molecule has 5 N–H and O–H groups in total. The number of phenols is 3. The van der Waals surface area contributed by atoms with Crippen LogP contribution in [0.5, 0.6) is 17.2 Å². The van der Waals surface area contributed by atoms with Gasteiger partial charge in [0.25, 0.3) is 11.1 Å². The van der Waals surface area contributed by atoms with Crippen molar-refractivity contribution in [3.8, 4) is 17.2 Å². The third-order valence-electron chi connectivity index (χ3n) is 4.12. The number of esters is 3. The van der Waals surface area contributed by atoms with E-state index in [-0.39, 0.29) is 156 Å². The Kier molecular flexibility index (Phi) is 60.2. The van der Waals surface area contributed by atoms with Crippen molar-refractivity contribution < 1.29 is 226 Å². The molecular formula is C34H42K2NNaO20. The smallest absolute Gasteiger partial charge is 0.550 e. The zero-order chi connectivity index (χ0) is 44.1. The topological polar surface area (TPSA) is 361 Å². The van der Waals surface area contributed by atoms with Crippen LogP contribution in [0.4, 0.5) is 0 Å². The van der Waals surface area contributed by atoms with E-state index in [1.807, 2.05) is 6.92 Å². The number of carbonyl (C=O) groups is 7. The first-order valence-corrected chi connectivity index (χ1v) is 14.6. The average Bonchev–Trinajstić information content (AvgIpc) is 3.07. The van der Waals surface area contributed by atoms with Crippen LogP contribution in [-0.2, 0) is 33.4 Å². The summed E-state index contributed by atoms with van der Waals surface area (Å²) in [6, 6.07) is 17.7. The second-order valence-electron chi connectivity index (χ2n) is 8.99. The molecule has 0 aliphatic rings. The van der Waals surface area contributed by atoms with Crippen molar-refractivity contribution in [3.63, 3.8) is 0 Å². The number of aliphatic carboxylic acids is 4. The van der Waals surface area contributed by atoms with Crippen LogP contribution in [0, 0.1) is 10.1 Å². The zero-order valence-corrected chi connectivity index (χ0v) is 41.9. The second kappa shape index (κ2) is 48.2. The van der Waals surface area contributed by atoms with Crippen molar-refractivity contribution in [1.82, 2.24) is 0 Å². The van der Waals surface area contributed by atoms with E-state index in [4.69, 9.17) is 75.0 Å². The van der Waals surface area contributed by atoms with Gasteiger partial charge in [-0.2, -0.15) is 0 Å². The van der Waals surface area contributed by atoms with Crippen molar-refractivity contribution in [2.45, 2.75) is 41.0 Å². The third-order valence-corrected chi connectivity index (χ3v) is 4.12. The van der Waals surface area contributed by atoms with Gasteiger partial charge in [0, 0.05) is 24.8 Å². The van der Waals surface area contributed by atoms with Gasteiger partial charge in [-0.05, 0) is 100.0 Å². The van der Waals surface area contributed by atoms with Crippen molar-refractivity contribution in [1.29, 1.82) is 0 Å². The van der Waals surface area contributed by atoms with Crippen molar-refractivity contribution >= 4 is 41.8 Å². The molecule has 0 fully saturated rings. The number of carbonyl (C=O) groups excluding carboxylic acids is 6. The van der Waals surface area contributed by atoms with Crippen LogP contribution in [0.15, 0.2) is 72.8 Å². The summed E-state index contributed by atoms with van der Waals surface area (Å²) in [7, 11) is 2.63. The van der Waals surface area contributed by atoms with Crippen molar-refractivity contribution in [2.24, 2.45) is 0 Å². The van der Waals surface area contributed by atoms with Gasteiger partial charge in [-0.25, -0.2) is 14.4 Å². The molecule has 3 aromatic carbocycles. The molecule has 24 heteroatoms. The maximum atomic E-state index is 11.2. The standard InChI is InChI=1S/C10H12O3.2C8H8O3.4C2H4O2.2K.HNO3.Na/c1-2-7-13-10(12)8-3-5-9(11)6-4-8;2*1-11-8(10)6-2-4-7(9)5-3-6;4*1-2(3)4;;;2-1(3)4;/h3-6,11H,2,7H2,1H3;2*2-5,9H,1H3;4*1H3,(H,3,4);;;(H,2,3,4);/q;;;;;;;2*+1;;+1/p-3. The molecule has 3 rings (SSSR count). The van der Waals surface area contributed by atoms with E-state index in [0.717, 1.165) is 34.1 Å². The Bertz CT molecular complexity index is 1430. The van der Waals surface area contributed by atoms with Gasteiger partial charge in [0.1, 0.15) is 17.2 Å². The van der Waals surface area contributed by atoms with Crippen molar-refractivity contribution in [3.05, 3.63) is 99.6 Å². The van der Waals surface area contributed by atoms with Gasteiger partial charge in [0.05, 0.1) is 37.5 Å². The monoisotopic (exact) mass is 885 g/mol. The number of carboxylic acid groups (broad SMARTS) is 4. The minimum atomic E-state index is -1.50. The molecule has 0 amide bonds. The number of hydrogen-bond acceptors (Lipinski definition) is 18. The largest absolute Gasteiger partial charge is 1.00 e. The molecule has 0 atom stereocenters. The zero-order valence-electron chi connectivity index (χ0n) is 33.6. The van der Waals surface area contributed by atoms with Crippen molar-refractivity contribution in [2.75, 3.05) is 20.8 Å². The average molecular weight is 886 g/mol. The molecule has 306 valence electrons. The number of hydrogen-bond donors (Lipinski definition) is 5. The molecule has 0 radical (unpaired) electrons. The molecule has 0 unspecified atom stereocenters. The summed E-state index contributed by atoms with van der Waals surface area (Å²) in [5, 5.41) is 74.4. The van der Waals surface area contributed by atoms with E-state index in [2.05, 4.69) is 9.47 Å². The summed E-state index contributed by atoms with van der Waals surface area (Å²) in [4.78, 5) is 76.9. The van der Waals surface area contributed by atoms with Crippen LogP contribution in [0.1, 0.15) is 72.1 Å². The van der Waals surface area contributed by atoms with E-state index >= 15 is 0 Å². The number of carboxylic acids is 4. The van der Waals surface area contributed by atoms with Gasteiger partial charge in [0.2, 0.25) is 0 Å². The Balaban J connectivity index is -0.0000000862. The molecule has 3 aromatic rings. The predicted molar refractivity (Wildman–Crippen MR) is 182 cm³/mol. The number of methoxy groups -OCH3 is 2. The first-order chi connectivity index (χ1) is 25.4. The molecule has 0 spiro atoms. The summed E-state index contributed by atoms with van der Waals surface area (Å²) < 4.78 is 13.8. The molecule has 58 heavy (non-hydrogen) atoms. The second-order valence-corrected chi connectivity index (χ2v) is 8.99. The fraction of sp³-hybridized carbons (Fsp3) is 0.265. The fourth-order valence-electron chi connectivity index (χ4n) is 2.31. The third kappa shape index (κ3) is 64.7. The van der Waals surface area contributed by atoms with Crippen LogP contribution in [-0.4, -0.2) is 93.3 Å². The number of nitrogens with zero attached hydrogens (tertiary/aromatic N) is 1. The summed E-state index contributed by atoms with van der Waals surface area (Å²) in [5.41, 5.74) is 1.34. The molecule has 0 bridgehead atoms. The molecule has 0 aromatic heterocycles. The maximum Gasteiger partial charge on any atom is 1.00 e. The number of ether oxygens (including phenoxy) is 3. The Morgan fingerprint density at radius 1 is 0.569 bits per heavy atom. The normalized spacial score (nSPS) is 7.78. The fourth-order valence-corrected chi connectivity index (χ4v) is 2.31. The van der Waals surface area contributed by atoms with E-state index in [1.165, 1.54) is 87.0 Å². The predicted octanol–water partition coefficient (Wildman–Crippen LogP) is -8.66. The minimum absolute atomic E-state index is 0. The Morgan fingerprint density at radius 3 is 0.897 bits per heavy atom. The van der Waals surface area contributed by atoms with E-state index < -0.39 is 40.9 Å².